The summed E-state index contributed by atoms with van der Waals surface area (Å²) in [6.07, 6.45) is 6.36. The Balaban J connectivity index is 1.39. The molecule has 0 bridgehead atoms. The van der Waals surface area contributed by atoms with E-state index in [2.05, 4.69) is 36.2 Å². The topological polar surface area (TPSA) is 111 Å². The van der Waals surface area contributed by atoms with Crippen molar-refractivity contribution in [3.8, 4) is 6.07 Å². The summed E-state index contributed by atoms with van der Waals surface area (Å²) >= 11 is 1.38. The van der Waals surface area contributed by atoms with E-state index in [1.165, 1.54) is 11.3 Å². The van der Waals surface area contributed by atoms with Crippen molar-refractivity contribution in [2.75, 3.05) is 38.5 Å². The summed E-state index contributed by atoms with van der Waals surface area (Å²) in [5.74, 6) is 1.50. The average Bonchev–Trinajstić information content (AvgIpc) is 3.31. The van der Waals surface area contributed by atoms with E-state index in [1.54, 1.807) is 29.7 Å². The lowest BCUT2D eigenvalue weighted by molar-refractivity contribution is 0.0792. The van der Waals surface area contributed by atoms with E-state index in [0.29, 0.717) is 35.6 Å². The fourth-order valence-electron chi connectivity index (χ4n) is 4.09. The van der Waals surface area contributed by atoms with Crippen LogP contribution in [0.15, 0.2) is 36.0 Å². The number of hydrogen-bond acceptors (Lipinski definition) is 9. The first-order valence-corrected chi connectivity index (χ1v) is 12.2. The molecule has 1 atom stereocenters. The van der Waals surface area contributed by atoms with Gasteiger partial charge in [0.25, 0.3) is 5.91 Å². The lowest BCUT2D eigenvalue weighted by Crippen LogP contribution is -2.35. The van der Waals surface area contributed by atoms with Gasteiger partial charge in [-0.25, -0.2) is 15.0 Å². The number of pyridine rings is 1. The minimum atomic E-state index is -0.113. The molecule has 1 amide bonds. The number of amides is 1. The van der Waals surface area contributed by atoms with Crippen molar-refractivity contribution in [3.63, 3.8) is 0 Å². The van der Waals surface area contributed by atoms with Crippen LogP contribution in [-0.4, -0.2) is 68.9 Å². The Kier molecular flexibility index (Phi) is 7.77. The van der Waals surface area contributed by atoms with Gasteiger partial charge in [-0.3, -0.25) is 14.7 Å². The van der Waals surface area contributed by atoms with Crippen LogP contribution in [0.3, 0.4) is 0 Å². The summed E-state index contributed by atoms with van der Waals surface area (Å²) in [5, 5.41) is 14.7. The van der Waals surface area contributed by atoms with Gasteiger partial charge < -0.3 is 10.2 Å². The molecule has 4 heterocycles. The summed E-state index contributed by atoms with van der Waals surface area (Å²) in [6.45, 7) is 4.69. The summed E-state index contributed by atoms with van der Waals surface area (Å²) in [7, 11) is 1.79. The second-order valence-electron chi connectivity index (χ2n) is 8.45. The quantitative estimate of drug-likeness (QED) is 0.493. The number of aryl methyl sites for hydroxylation is 1. The van der Waals surface area contributed by atoms with Gasteiger partial charge in [0, 0.05) is 49.9 Å². The van der Waals surface area contributed by atoms with Gasteiger partial charge in [-0.15, -0.1) is 11.3 Å². The maximum absolute atomic E-state index is 12.8. The van der Waals surface area contributed by atoms with Crippen LogP contribution >= 0.6 is 11.3 Å². The van der Waals surface area contributed by atoms with Crippen LogP contribution in [0.5, 0.6) is 0 Å². The predicted octanol–water partition coefficient (Wildman–Crippen LogP) is 3.40. The van der Waals surface area contributed by atoms with Crippen molar-refractivity contribution in [1.82, 2.24) is 29.7 Å². The first-order chi connectivity index (χ1) is 16.5. The maximum Gasteiger partial charge on any atom is 0.273 e. The molecule has 0 saturated carbocycles. The van der Waals surface area contributed by atoms with Crippen LogP contribution in [0.1, 0.15) is 46.3 Å². The number of aromatic nitrogens is 4. The highest BCUT2D eigenvalue weighted by molar-refractivity contribution is 7.14. The Morgan fingerprint density at radius 3 is 2.94 bits per heavy atom. The van der Waals surface area contributed by atoms with Gasteiger partial charge in [-0.2, -0.15) is 5.26 Å². The van der Waals surface area contributed by atoms with Gasteiger partial charge in [0.15, 0.2) is 5.13 Å². The lowest BCUT2D eigenvalue weighted by Gasteiger charge is -2.30. The minimum absolute atomic E-state index is 0.113. The molecule has 1 fully saturated rings. The third kappa shape index (κ3) is 6.12. The molecule has 4 rings (SSSR count). The minimum Gasteiger partial charge on any atom is -0.340 e. The van der Waals surface area contributed by atoms with E-state index in [0.717, 1.165) is 43.6 Å². The molecule has 1 aliphatic heterocycles. The number of anilines is 2. The number of nitriles is 1. The lowest BCUT2D eigenvalue weighted by atomic mass is 9.94. The van der Waals surface area contributed by atoms with E-state index in [-0.39, 0.29) is 11.8 Å². The average molecular weight is 477 g/mol. The highest BCUT2D eigenvalue weighted by Gasteiger charge is 2.23. The number of likely N-dealkylation sites (tertiary alicyclic amines) is 1. The molecule has 9 nitrogen and oxygen atoms in total. The molecule has 10 heteroatoms. The smallest absolute Gasteiger partial charge is 0.273 e. The molecule has 1 N–H and O–H groups in total. The second-order valence-corrected chi connectivity index (χ2v) is 9.31. The van der Waals surface area contributed by atoms with Gasteiger partial charge in [0.2, 0.25) is 0 Å². The zero-order chi connectivity index (χ0) is 23.9. The van der Waals surface area contributed by atoms with Crippen LogP contribution in [0.25, 0.3) is 0 Å². The van der Waals surface area contributed by atoms with Crippen LogP contribution in [-0.2, 0) is 6.42 Å². The number of nitrogens with zero attached hydrogens (tertiary/aromatic N) is 7. The van der Waals surface area contributed by atoms with Gasteiger partial charge in [-0.1, -0.05) is 0 Å². The van der Waals surface area contributed by atoms with Crippen molar-refractivity contribution >= 4 is 28.2 Å². The highest BCUT2D eigenvalue weighted by Crippen LogP contribution is 2.28. The van der Waals surface area contributed by atoms with Crippen LogP contribution in [0, 0.1) is 18.3 Å². The Hall–Kier alpha value is -3.42. The van der Waals surface area contributed by atoms with Crippen molar-refractivity contribution in [2.45, 2.75) is 32.1 Å². The predicted molar refractivity (Wildman–Crippen MR) is 131 cm³/mol. The first kappa shape index (κ1) is 23.7. The van der Waals surface area contributed by atoms with E-state index in [9.17, 15) is 4.79 Å². The number of piperidine rings is 1. The van der Waals surface area contributed by atoms with E-state index in [1.807, 2.05) is 25.1 Å². The van der Waals surface area contributed by atoms with Gasteiger partial charge in [0.1, 0.15) is 17.3 Å². The Labute approximate surface area is 203 Å². The summed E-state index contributed by atoms with van der Waals surface area (Å²) in [5.41, 5.74) is 2.52. The van der Waals surface area contributed by atoms with Gasteiger partial charge in [-0.05, 0) is 50.4 Å². The fraction of sp³-hybridized carbons (Fsp3) is 0.417. The summed E-state index contributed by atoms with van der Waals surface area (Å²) < 4.78 is 0. The van der Waals surface area contributed by atoms with E-state index in [4.69, 9.17) is 5.26 Å². The number of thiazole rings is 1. The molecule has 0 aromatic carbocycles. The molecule has 3 aromatic heterocycles. The van der Waals surface area contributed by atoms with Crippen LogP contribution < -0.4 is 5.32 Å². The number of likely N-dealkylation sites (N-methyl/N-ethyl adjacent to an activating group) is 1. The third-order valence-electron chi connectivity index (χ3n) is 5.87. The van der Waals surface area contributed by atoms with Crippen molar-refractivity contribution in [1.29, 1.82) is 5.26 Å². The molecule has 0 spiro atoms. The van der Waals surface area contributed by atoms with Gasteiger partial charge in [0.05, 0.1) is 18.3 Å². The molecule has 1 aliphatic rings. The molecule has 3 aromatic rings. The van der Waals surface area contributed by atoms with Gasteiger partial charge >= 0.3 is 0 Å². The number of hydrogen-bond donors (Lipinski definition) is 1. The molecule has 0 aliphatic carbocycles. The maximum atomic E-state index is 12.8. The van der Waals surface area contributed by atoms with Crippen LogP contribution in [0.4, 0.5) is 10.9 Å². The van der Waals surface area contributed by atoms with E-state index < -0.39 is 0 Å². The number of carbonyl (C=O) groups is 1. The first-order valence-electron chi connectivity index (χ1n) is 11.3. The second kappa shape index (κ2) is 11.1. The van der Waals surface area contributed by atoms with Crippen LogP contribution in [0.2, 0.25) is 0 Å². The molecular weight excluding hydrogens is 448 g/mol. The Morgan fingerprint density at radius 1 is 1.32 bits per heavy atom. The molecule has 176 valence electrons. The van der Waals surface area contributed by atoms with E-state index >= 15 is 0 Å². The SMILES string of the molecule is Cc1nc(Nc2nc(C(=O)N(C)CCc3ccncc3)cs2)cc(C2CCCN(CC#N)C2)n1. The zero-order valence-electron chi connectivity index (χ0n) is 19.4. The van der Waals surface area contributed by atoms with Crippen molar-refractivity contribution < 1.29 is 4.79 Å². The standard InChI is InChI=1S/C24H28N8OS/c1-17-27-20(19-4-3-11-32(15-19)13-8-25)14-22(28-17)30-24-29-21(16-34-24)23(33)31(2)12-7-18-5-9-26-10-6-18/h5-6,9-10,14,16,19H,3-4,7,11-13,15H2,1-2H3,(H,27,28,29,30). The number of carbonyl (C=O) groups excluding carboxylic acids is 1. The zero-order valence-corrected chi connectivity index (χ0v) is 20.3. The monoisotopic (exact) mass is 476 g/mol. The molecule has 1 unspecified atom stereocenters. The Bertz CT molecular complexity index is 1160. The Morgan fingerprint density at radius 2 is 2.15 bits per heavy atom. The fourth-order valence-corrected chi connectivity index (χ4v) is 4.78. The largest absolute Gasteiger partial charge is 0.340 e. The number of rotatable bonds is 8. The summed E-state index contributed by atoms with van der Waals surface area (Å²) in [4.78, 5) is 34.3. The molecule has 1 saturated heterocycles. The highest BCUT2D eigenvalue weighted by atomic mass is 32.1. The van der Waals surface area contributed by atoms with Crippen molar-refractivity contribution in [3.05, 3.63) is 58.7 Å². The number of nitrogens with one attached hydrogen (secondary N) is 1. The summed E-state index contributed by atoms with van der Waals surface area (Å²) in [6, 6.07) is 8.10. The van der Waals surface area contributed by atoms with Crippen molar-refractivity contribution in [2.24, 2.45) is 0 Å². The molecule has 34 heavy (non-hydrogen) atoms. The third-order valence-corrected chi connectivity index (χ3v) is 6.62. The normalized spacial score (nSPS) is 16.1. The molecule has 0 radical (unpaired) electrons. The molecular formula is C24H28N8OS.